The molecule has 2 rings (SSSR count). The molecule has 0 bridgehead atoms. The van der Waals surface area contributed by atoms with E-state index in [0.29, 0.717) is 23.1 Å². The van der Waals surface area contributed by atoms with Crippen molar-refractivity contribution in [3.05, 3.63) is 28.2 Å². The van der Waals surface area contributed by atoms with Gasteiger partial charge in [-0.2, -0.15) is 0 Å². The molecule has 2 N–H and O–H groups in total. The summed E-state index contributed by atoms with van der Waals surface area (Å²) in [6.07, 6.45) is 0. The van der Waals surface area contributed by atoms with Gasteiger partial charge in [0.1, 0.15) is 0 Å². The number of urea groups is 1. The summed E-state index contributed by atoms with van der Waals surface area (Å²) in [6, 6.07) is 5.38. The first-order valence-corrected chi connectivity index (χ1v) is 6.14. The lowest BCUT2D eigenvalue weighted by atomic mass is 10.3. The molecule has 6 heteroatoms. The van der Waals surface area contributed by atoms with E-state index >= 15 is 0 Å². The largest absolute Gasteiger partial charge is 0.383 e. The molecule has 0 aliphatic carbocycles. The van der Waals surface area contributed by atoms with Crippen molar-refractivity contribution in [3.63, 3.8) is 0 Å². The van der Waals surface area contributed by atoms with E-state index in [0.717, 1.165) is 18.8 Å². The number of hydrogen-bond donors (Lipinski definition) is 2. The zero-order valence-electron chi connectivity index (χ0n) is 9.17. The average molecular weight is 274 g/mol. The van der Waals surface area contributed by atoms with Crippen LogP contribution in [0.1, 0.15) is 0 Å². The first-order chi connectivity index (χ1) is 8.16. The van der Waals surface area contributed by atoms with Gasteiger partial charge in [-0.1, -0.05) is 23.2 Å². The van der Waals surface area contributed by atoms with Crippen LogP contribution in [0.3, 0.4) is 0 Å². The van der Waals surface area contributed by atoms with Crippen LogP contribution in [-0.4, -0.2) is 37.1 Å². The second kappa shape index (κ2) is 5.47. The zero-order chi connectivity index (χ0) is 12.3. The Balaban J connectivity index is 1.81. The quantitative estimate of drug-likeness (QED) is 0.885. The maximum absolute atomic E-state index is 11.3. The molecule has 1 aliphatic rings. The molecule has 92 valence electrons. The van der Waals surface area contributed by atoms with Gasteiger partial charge in [0.2, 0.25) is 0 Å². The van der Waals surface area contributed by atoms with Gasteiger partial charge < -0.3 is 15.5 Å². The summed E-state index contributed by atoms with van der Waals surface area (Å²) in [5.41, 5.74) is 0.902. The minimum absolute atomic E-state index is 0.000869. The lowest BCUT2D eigenvalue weighted by molar-refractivity contribution is 0.219. The molecule has 0 unspecified atom stereocenters. The molecule has 1 aromatic rings. The number of anilines is 1. The third-order valence-electron chi connectivity index (χ3n) is 2.58. The predicted octanol–water partition coefficient (Wildman–Crippen LogP) is 2.43. The van der Waals surface area contributed by atoms with Crippen molar-refractivity contribution in [1.82, 2.24) is 10.2 Å². The summed E-state index contributed by atoms with van der Waals surface area (Å²) in [7, 11) is 0. The van der Waals surface area contributed by atoms with Crippen molar-refractivity contribution in [1.29, 1.82) is 0 Å². The fourth-order valence-electron chi connectivity index (χ4n) is 1.67. The van der Waals surface area contributed by atoms with E-state index in [9.17, 15) is 4.79 Å². The van der Waals surface area contributed by atoms with Gasteiger partial charge in [0.25, 0.3) is 0 Å². The Morgan fingerprint density at radius 3 is 2.82 bits per heavy atom. The van der Waals surface area contributed by atoms with Crippen LogP contribution in [0.15, 0.2) is 18.2 Å². The van der Waals surface area contributed by atoms with Crippen molar-refractivity contribution in [2.75, 3.05) is 31.5 Å². The normalized spacial score (nSPS) is 14.9. The molecule has 0 aromatic heterocycles. The standard InChI is InChI=1S/C11H13Cl2N3O/c12-9-2-1-8(7-10(9)13)14-3-5-16-6-4-15-11(16)17/h1-2,7,14H,3-6H2,(H,15,17). The van der Waals surface area contributed by atoms with Crippen molar-refractivity contribution in [3.8, 4) is 0 Å². The minimum Gasteiger partial charge on any atom is -0.383 e. The first kappa shape index (κ1) is 12.3. The lowest BCUT2D eigenvalue weighted by Gasteiger charge is -2.15. The third kappa shape index (κ3) is 3.17. The van der Waals surface area contributed by atoms with Crippen molar-refractivity contribution in [2.24, 2.45) is 0 Å². The third-order valence-corrected chi connectivity index (χ3v) is 3.31. The van der Waals surface area contributed by atoms with Crippen LogP contribution in [0.4, 0.5) is 10.5 Å². The van der Waals surface area contributed by atoms with Crippen LogP contribution in [-0.2, 0) is 0 Å². The number of nitrogens with one attached hydrogen (secondary N) is 2. The number of hydrogen-bond acceptors (Lipinski definition) is 2. The molecular formula is C11H13Cl2N3O. The van der Waals surface area contributed by atoms with E-state index < -0.39 is 0 Å². The molecule has 2 amide bonds. The Kier molecular flexibility index (Phi) is 3.97. The molecule has 1 fully saturated rings. The Morgan fingerprint density at radius 2 is 2.18 bits per heavy atom. The topological polar surface area (TPSA) is 44.4 Å². The molecule has 1 saturated heterocycles. The summed E-state index contributed by atoms with van der Waals surface area (Å²) in [6.45, 7) is 2.85. The lowest BCUT2D eigenvalue weighted by Crippen LogP contribution is -2.32. The van der Waals surface area contributed by atoms with Gasteiger partial charge in [-0.05, 0) is 18.2 Å². The molecule has 1 aliphatic heterocycles. The second-order valence-electron chi connectivity index (χ2n) is 3.77. The summed E-state index contributed by atoms with van der Waals surface area (Å²) in [5.74, 6) is 0. The number of carbonyl (C=O) groups is 1. The van der Waals surface area contributed by atoms with Crippen LogP contribution in [0.25, 0.3) is 0 Å². The van der Waals surface area contributed by atoms with Gasteiger partial charge in [-0.3, -0.25) is 0 Å². The number of rotatable bonds is 4. The Bertz CT molecular complexity index is 425. The van der Waals surface area contributed by atoms with E-state index in [-0.39, 0.29) is 6.03 Å². The highest BCUT2D eigenvalue weighted by Gasteiger charge is 2.18. The van der Waals surface area contributed by atoms with Gasteiger partial charge >= 0.3 is 6.03 Å². The summed E-state index contributed by atoms with van der Waals surface area (Å²) >= 11 is 11.7. The molecule has 4 nitrogen and oxygen atoms in total. The number of nitrogens with zero attached hydrogens (tertiary/aromatic N) is 1. The minimum atomic E-state index is 0.000869. The van der Waals surface area contributed by atoms with Crippen LogP contribution in [0.2, 0.25) is 10.0 Å². The van der Waals surface area contributed by atoms with Crippen molar-refractivity contribution >= 4 is 34.9 Å². The number of halogens is 2. The smallest absolute Gasteiger partial charge is 0.317 e. The second-order valence-corrected chi connectivity index (χ2v) is 4.59. The molecule has 1 aromatic carbocycles. The number of carbonyl (C=O) groups excluding carboxylic acids is 1. The van der Waals surface area contributed by atoms with Crippen LogP contribution < -0.4 is 10.6 Å². The van der Waals surface area contributed by atoms with Crippen LogP contribution in [0, 0.1) is 0 Å². The molecule has 1 heterocycles. The summed E-state index contributed by atoms with van der Waals surface area (Å²) in [5, 5.41) is 7.01. The Hall–Kier alpha value is -1.13. The maximum atomic E-state index is 11.3. The fraction of sp³-hybridized carbons (Fsp3) is 0.364. The van der Waals surface area contributed by atoms with E-state index in [4.69, 9.17) is 23.2 Å². The van der Waals surface area contributed by atoms with Gasteiger partial charge in [0.05, 0.1) is 10.0 Å². The molecule has 0 saturated carbocycles. The average Bonchev–Trinajstić information content (AvgIpc) is 2.70. The van der Waals surface area contributed by atoms with E-state index in [2.05, 4.69) is 10.6 Å². The monoisotopic (exact) mass is 273 g/mol. The maximum Gasteiger partial charge on any atom is 0.317 e. The van der Waals surface area contributed by atoms with Gasteiger partial charge in [0.15, 0.2) is 0 Å². The summed E-state index contributed by atoms with van der Waals surface area (Å²) < 4.78 is 0. The number of amides is 2. The van der Waals surface area contributed by atoms with Gasteiger partial charge in [0, 0.05) is 31.9 Å². The molecule has 0 atom stereocenters. The molecule has 0 radical (unpaired) electrons. The SMILES string of the molecule is O=C1NCCN1CCNc1ccc(Cl)c(Cl)c1. The van der Waals surface area contributed by atoms with Crippen molar-refractivity contribution in [2.45, 2.75) is 0 Å². The molecule has 17 heavy (non-hydrogen) atoms. The zero-order valence-corrected chi connectivity index (χ0v) is 10.7. The first-order valence-electron chi connectivity index (χ1n) is 5.38. The highest BCUT2D eigenvalue weighted by molar-refractivity contribution is 6.42. The van der Waals surface area contributed by atoms with Crippen LogP contribution >= 0.6 is 23.2 Å². The van der Waals surface area contributed by atoms with Crippen molar-refractivity contribution < 1.29 is 4.79 Å². The molecular weight excluding hydrogens is 261 g/mol. The summed E-state index contributed by atoms with van der Waals surface area (Å²) in [4.78, 5) is 13.0. The van der Waals surface area contributed by atoms with E-state index in [1.807, 2.05) is 6.07 Å². The van der Waals surface area contributed by atoms with E-state index in [1.54, 1.807) is 17.0 Å². The highest BCUT2D eigenvalue weighted by Crippen LogP contribution is 2.24. The Labute approximate surface area is 110 Å². The fourth-order valence-corrected chi connectivity index (χ4v) is 1.96. The Morgan fingerprint density at radius 1 is 1.35 bits per heavy atom. The van der Waals surface area contributed by atoms with Crippen LogP contribution in [0.5, 0.6) is 0 Å². The van der Waals surface area contributed by atoms with E-state index in [1.165, 1.54) is 0 Å². The molecule has 0 spiro atoms. The highest BCUT2D eigenvalue weighted by atomic mass is 35.5. The predicted molar refractivity (Wildman–Crippen MR) is 69.9 cm³/mol. The number of benzene rings is 1. The van der Waals surface area contributed by atoms with Gasteiger partial charge in [-0.15, -0.1) is 0 Å². The van der Waals surface area contributed by atoms with Gasteiger partial charge in [-0.25, -0.2) is 4.79 Å².